The molecule has 1 aliphatic rings. The van der Waals surface area contributed by atoms with Crippen LogP contribution in [0.3, 0.4) is 0 Å². The third kappa shape index (κ3) is 2.67. The van der Waals surface area contributed by atoms with E-state index in [4.69, 9.17) is 9.84 Å². The van der Waals surface area contributed by atoms with Gasteiger partial charge in [0.05, 0.1) is 17.1 Å². The van der Waals surface area contributed by atoms with Crippen molar-refractivity contribution in [3.63, 3.8) is 0 Å². The molecule has 3 rings (SSSR count). The van der Waals surface area contributed by atoms with Crippen LogP contribution in [0.4, 0.5) is 0 Å². The second-order valence-electron chi connectivity index (χ2n) is 5.19. The average Bonchev–Trinajstić information content (AvgIpc) is 2.78. The molecule has 1 unspecified atom stereocenters. The van der Waals surface area contributed by atoms with Gasteiger partial charge in [0.15, 0.2) is 0 Å². The predicted molar refractivity (Wildman–Crippen MR) is 74.7 cm³/mol. The first-order valence-electron chi connectivity index (χ1n) is 7.01. The highest BCUT2D eigenvalue weighted by atomic mass is 16.5. The molecule has 5 heteroatoms. The summed E-state index contributed by atoms with van der Waals surface area (Å²) in [6, 6.07) is 7.65. The number of nitrogens with zero attached hydrogens (tertiary/aromatic N) is 2. The van der Waals surface area contributed by atoms with E-state index in [0.717, 1.165) is 36.3 Å². The Kier molecular flexibility index (Phi) is 3.69. The maximum atomic E-state index is 11.1. The van der Waals surface area contributed by atoms with Crippen molar-refractivity contribution in [2.24, 2.45) is 0 Å². The van der Waals surface area contributed by atoms with E-state index in [0.29, 0.717) is 6.42 Å². The first-order chi connectivity index (χ1) is 9.74. The quantitative estimate of drug-likeness (QED) is 0.928. The fraction of sp³-hybridized carbons (Fsp3) is 0.467. The summed E-state index contributed by atoms with van der Waals surface area (Å²) in [6.07, 6.45) is 4.15. The SMILES string of the molecule is O=C(O)Cn1c(CC2CCCCO2)nc2ccccc21. The normalized spacial score (nSPS) is 19.3. The third-order valence-corrected chi connectivity index (χ3v) is 3.71. The van der Waals surface area contributed by atoms with Gasteiger partial charge in [-0.1, -0.05) is 12.1 Å². The fourth-order valence-corrected chi connectivity index (χ4v) is 2.76. The zero-order valence-corrected chi connectivity index (χ0v) is 11.3. The van der Waals surface area contributed by atoms with E-state index in [1.165, 1.54) is 6.42 Å². The molecular formula is C15H18N2O3. The van der Waals surface area contributed by atoms with E-state index in [2.05, 4.69) is 4.98 Å². The van der Waals surface area contributed by atoms with Crippen LogP contribution in [-0.2, 0) is 22.5 Å². The highest BCUT2D eigenvalue weighted by Gasteiger charge is 2.19. The van der Waals surface area contributed by atoms with E-state index >= 15 is 0 Å². The number of fused-ring (bicyclic) bond motifs is 1. The summed E-state index contributed by atoms with van der Waals surface area (Å²) >= 11 is 0. The lowest BCUT2D eigenvalue weighted by atomic mass is 10.1. The summed E-state index contributed by atoms with van der Waals surface area (Å²) in [5.41, 5.74) is 1.72. The molecule has 1 aromatic carbocycles. The summed E-state index contributed by atoms with van der Waals surface area (Å²) in [5, 5.41) is 9.10. The Balaban J connectivity index is 1.93. The molecule has 5 nitrogen and oxygen atoms in total. The number of carbonyl (C=O) groups is 1. The number of imidazole rings is 1. The van der Waals surface area contributed by atoms with Gasteiger partial charge in [0.25, 0.3) is 0 Å². The molecule has 1 fully saturated rings. The molecule has 1 aliphatic heterocycles. The number of carboxylic acids is 1. The Bertz CT molecular complexity index is 615. The Morgan fingerprint density at radius 3 is 3.00 bits per heavy atom. The Hall–Kier alpha value is -1.88. The molecule has 20 heavy (non-hydrogen) atoms. The van der Waals surface area contributed by atoms with Crippen molar-refractivity contribution in [2.75, 3.05) is 6.61 Å². The van der Waals surface area contributed by atoms with Crippen molar-refractivity contribution >= 4 is 17.0 Å². The number of benzene rings is 1. The molecule has 0 aliphatic carbocycles. The number of aromatic nitrogens is 2. The predicted octanol–water partition coefficient (Wildman–Crippen LogP) is 2.23. The number of hydrogen-bond acceptors (Lipinski definition) is 3. The van der Waals surface area contributed by atoms with Crippen LogP contribution in [0.2, 0.25) is 0 Å². The largest absolute Gasteiger partial charge is 0.480 e. The van der Waals surface area contributed by atoms with Crippen LogP contribution in [0.1, 0.15) is 25.1 Å². The van der Waals surface area contributed by atoms with E-state index in [-0.39, 0.29) is 12.6 Å². The highest BCUT2D eigenvalue weighted by Crippen LogP contribution is 2.21. The molecule has 106 valence electrons. The zero-order valence-electron chi connectivity index (χ0n) is 11.3. The van der Waals surface area contributed by atoms with Crippen LogP contribution in [0.15, 0.2) is 24.3 Å². The van der Waals surface area contributed by atoms with Gasteiger partial charge < -0.3 is 14.4 Å². The molecule has 0 saturated carbocycles. The standard InChI is InChI=1S/C15H18N2O3/c18-15(19)10-17-13-7-2-1-6-12(13)16-14(17)9-11-5-3-4-8-20-11/h1-2,6-7,11H,3-5,8-10H2,(H,18,19). The molecule has 0 radical (unpaired) electrons. The van der Waals surface area contributed by atoms with Crippen molar-refractivity contribution in [3.8, 4) is 0 Å². The number of para-hydroxylation sites is 2. The average molecular weight is 274 g/mol. The summed E-state index contributed by atoms with van der Waals surface area (Å²) < 4.78 is 7.52. The number of aliphatic carboxylic acids is 1. The van der Waals surface area contributed by atoms with Gasteiger partial charge in [0.2, 0.25) is 0 Å². The summed E-state index contributed by atoms with van der Waals surface area (Å²) in [7, 11) is 0. The van der Waals surface area contributed by atoms with Crippen molar-refractivity contribution in [1.82, 2.24) is 9.55 Å². The molecule has 1 N–H and O–H groups in total. The second-order valence-corrected chi connectivity index (χ2v) is 5.19. The van der Waals surface area contributed by atoms with Crippen LogP contribution < -0.4 is 0 Å². The minimum absolute atomic E-state index is 0.0530. The van der Waals surface area contributed by atoms with Crippen LogP contribution in [0.5, 0.6) is 0 Å². The van der Waals surface area contributed by atoms with Gasteiger partial charge in [-0.3, -0.25) is 4.79 Å². The van der Waals surface area contributed by atoms with Crippen molar-refractivity contribution in [2.45, 2.75) is 38.3 Å². The van der Waals surface area contributed by atoms with Gasteiger partial charge in [0.1, 0.15) is 12.4 Å². The molecule has 0 amide bonds. The molecule has 0 bridgehead atoms. The van der Waals surface area contributed by atoms with Crippen LogP contribution in [-0.4, -0.2) is 33.3 Å². The lowest BCUT2D eigenvalue weighted by Gasteiger charge is -2.22. The Morgan fingerprint density at radius 2 is 2.25 bits per heavy atom. The van der Waals surface area contributed by atoms with E-state index in [1.807, 2.05) is 24.3 Å². The van der Waals surface area contributed by atoms with Gasteiger partial charge in [-0.15, -0.1) is 0 Å². The van der Waals surface area contributed by atoms with Gasteiger partial charge in [-0.25, -0.2) is 4.98 Å². The molecule has 2 aromatic rings. The van der Waals surface area contributed by atoms with Gasteiger partial charge in [-0.05, 0) is 31.4 Å². The summed E-state index contributed by atoms with van der Waals surface area (Å²) in [4.78, 5) is 15.7. The van der Waals surface area contributed by atoms with Crippen molar-refractivity contribution in [1.29, 1.82) is 0 Å². The van der Waals surface area contributed by atoms with E-state index < -0.39 is 5.97 Å². The lowest BCUT2D eigenvalue weighted by molar-refractivity contribution is -0.137. The number of hydrogen-bond donors (Lipinski definition) is 1. The summed E-state index contributed by atoms with van der Waals surface area (Å²) in [6.45, 7) is 0.742. The maximum Gasteiger partial charge on any atom is 0.323 e. The Labute approximate surface area is 117 Å². The number of rotatable bonds is 4. The Morgan fingerprint density at radius 1 is 1.40 bits per heavy atom. The van der Waals surface area contributed by atoms with Gasteiger partial charge in [-0.2, -0.15) is 0 Å². The highest BCUT2D eigenvalue weighted by molar-refractivity contribution is 5.78. The number of ether oxygens (including phenoxy) is 1. The second kappa shape index (κ2) is 5.63. The van der Waals surface area contributed by atoms with Crippen molar-refractivity contribution in [3.05, 3.63) is 30.1 Å². The minimum Gasteiger partial charge on any atom is -0.480 e. The molecule has 1 saturated heterocycles. The maximum absolute atomic E-state index is 11.1. The van der Waals surface area contributed by atoms with Crippen LogP contribution >= 0.6 is 0 Å². The van der Waals surface area contributed by atoms with Crippen LogP contribution in [0, 0.1) is 0 Å². The topological polar surface area (TPSA) is 64.3 Å². The molecule has 0 spiro atoms. The first-order valence-corrected chi connectivity index (χ1v) is 7.01. The van der Waals surface area contributed by atoms with Crippen molar-refractivity contribution < 1.29 is 14.6 Å². The van der Waals surface area contributed by atoms with Gasteiger partial charge in [0, 0.05) is 13.0 Å². The molecule has 1 atom stereocenters. The van der Waals surface area contributed by atoms with Gasteiger partial charge >= 0.3 is 5.97 Å². The lowest BCUT2D eigenvalue weighted by Crippen LogP contribution is -2.24. The zero-order chi connectivity index (χ0) is 13.9. The molecule has 2 heterocycles. The smallest absolute Gasteiger partial charge is 0.323 e. The number of carboxylic acid groups (broad SMARTS) is 1. The first kappa shape index (κ1) is 13.1. The third-order valence-electron chi connectivity index (χ3n) is 3.71. The summed E-state index contributed by atoms with van der Waals surface area (Å²) in [5.74, 6) is -0.0422. The van der Waals surface area contributed by atoms with E-state index in [1.54, 1.807) is 4.57 Å². The minimum atomic E-state index is -0.848. The monoisotopic (exact) mass is 274 g/mol. The van der Waals surface area contributed by atoms with E-state index in [9.17, 15) is 4.79 Å². The van der Waals surface area contributed by atoms with Crippen LogP contribution in [0.25, 0.3) is 11.0 Å². The fourth-order valence-electron chi connectivity index (χ4n) is 2.76. The molecule has 1 aromatic heterocycles. The molecular weight excluding hydrogens is 256 g/mol.